The summed E-state index contributed by atoms with van der Waals surface area (Å²) < 4.78 is 20.6. The zero-order valence-corrected chi connectivity index (χ0v) is 21.1. The number of carbonyl (C=O) groups is 1. The van der Waals surface area contributed by atoms with E-state index in [-0.39, 0.29) is 17.3 Å². The van der Waals surface area contributed by atoms with Crippen LogP contribution in [0.15, 0.2) is 67.3 Å². The zero-order valence-electron chi connectivity index (χ0n) is 21.1. The topological polar surface area (TPSA) is 26.3 Å². The second-order valence-corrected chi connectivity index (χ2v) is 10.5. The summed E-state index contributed by atoms with van der Waals surface area (Å²) in [4.78, 5) is 12.6. The second-order valence-electron chi connectivity index (χ2n) is 10.5. The number of benzene rings is 2. The summed E-state index contributed by atoms with van der Waals surface area (Å²) in [7, 11) is 0. The van der Waals surface area contributed by atoms with Gasteiger partial charge in [-0.25, -0.2) is 9.18 Å². The van der Waals surface area contributed by atoms with Crippen LogP contribution in [0.5, 0.6) is 5.75 Å². The third-order valence-corrected chi connectivity index (χ3v) is 8.15. The minimum atomic E-state index is -0.515. The Hall–Kier alpha value is -2.68. The number of fused-ring (bicyclic) bond motifs is 1. The molecule has 0 radical (unpaired) electrons. The SMILES string of the molecule is C=CCCC1CCC2CC(c3ccc(C(=O)Oc4ccc(CC/C=C/C)cc4)cc3F)CCC2C1. The maximum Gasteiger partial charge on any atom is 0.343 e. The zero-order chi connectivity index (χ0) is 24.6. The van der Waals surface area contributed by atoms with Crippen molar-refractivity contribution in [3.8, 4) is 5.75 Å². The van der Waals surface area contributed by atoms with E-state index >= 15 is 4.39 Å². The van der Waals surface area contributed by atoms with E-state index in [4.69, 9.17) is 4.74 Å². The van der Waals surface area contributed by atoms with Gasteiger partial charge in [-0.2, -0.15) is 0 Å². The Morgan fingerprint density at radius 2 is 1.80 bits per heavy atom. The van der Waals surface area contributed by atoms with Gasteiger partial charge in [-0.05, 0) is 124 Å². The van der Waals surface area contributed by atoms with Crippen LogP contribution in [0.25, 0.3) is 0 Å². The summed E-state index contributed by atoms with van der Waals surface area (Å²) >= 11 is 0. The predicted octanol–water partition coefficient (Wildman–Crippen LogP) is 8.82. The third kappa shape index (κ3) is 6.72. The lowest BCUT2D eigenvalue weighted by Gasteiger charge is -2.42. The van der Waals surface area contributed by atoms with Crippen LogP contribution in [0.4, 0.5) is 4.39 Å². The van der Waals surface area contributed by atoms with Crippen molar-refractivity contribution >= 4 is 5.97 Å². The Bertz CT molecular complexity index is 1020. The van der Waals surface area contributed by atoms with E-state index in [0.717, 1.165) is 49.5 Å². The molecular weight excluding hydrogens is 435 g/mol. The molecule has 0 spiro atoms. The smallest absolute Gasteiger partial charge is 0.343 e. The number of ether oxygens (including phenoxy) is 1. The highest BCUT2D eigenvalue weighted by molar-refractivity contribution is 5.91. The molecule has 4 unspecified atom stereocenters. The van der Waals surface area contributed by atoms with Crippen molar-refractivity contribution in [1.29, 1.82) is 0 Å². The molecule has 3 heteroatoms. The number of rotatable bonds is 9. The van der Waals surface area contributed by atoms with E-state index in [9.17, 15) is 4.79 Å². The number of carbonyl (C=O) groups excluding carboxylic acids is 1. The van der Waals surface area contributed by atoms with Crippen molar-refractivity contribution in [2.45, 2.75) is 77.0 Å². The van der Waals surface area contributed by atoms with Crippen molar-refractivity contribution in [2.24, 2.45) is 17.8 Å². The van der Waals surface area contributed by atoms with Gasteiger partial charge in [0.05, 0.1) is 5.56 Å². The first kappa shape index (κ1) is 25.4. The van der Waals surface area contributed by atoms with Crippen LogP contribution in [0.3, 0.4) is 0 Å². The molecule has 0 aromatic heterocycles. The molecule has 4 rings (SSSR count). The van der Waals surface area contributed by atoms with Gasteiger partial charge in [-0.1, -0.05) is 42.8 Å². The highest BCUT2D eigenvalue weighted by Gasteiger charge is 2.36. The van der Waals surface area contributed by atoms with E-state index in [2.05, 4.69) is 12.7 Å². The number of allylic oxidation sites excluding steroid dienone is 3. The molecule has 35 heavy (non-hydrogen) atoms. The van der Waals surface area contributed by atoms with Crippen LogP contribution in [0.1, 0.15) is 92.1 Å². The molecular formula is C32H39FO2. The minimum Gasteiger partial charge on any atom is -0.423 e. The minimum absolute atomic E-state index is 0.251. The van der Waals surface area contributed by atoms with Gasteiger partial charge in [0.2, 0.25) is 0 Å². The molecule has 0 amide bonds. The molecule has 186 valence electrons. The first-order valence-corrected chi connectivity index (χ1v) is 13.4. The molecule has 2 saturated carbocycles. The Morgan fingerprint density at radius 1 is 1.03 bits per heavy atom. The largest absolute Gasteiger partial charge is 0.423 e. The van der Waals surface area contributed by atoms with Gasteiger partial charge in [0, 0.05) is 0 Å². The van der Waals surface area contributed by atoms with E-state index < -0.39 is 5.97 Å². The number of hydrogen-bond acceptors (Lipinski definition) is 2. The first-order chi connectivity index (χ1) is 17.1. The average molecular weight is 475 g/mol. The molecule has 4 atom stereocenters. The fourth-order valence-electron chi connectivity index (χ4n) is 6.18. The van der Waals surface area contributed by atoms with E-state index in [1.54, 1.807) is 18.2 Å². The fourth-order valence-corrected chi connectivity index (χ4v) is 6.18. The molecule has 2 aliphatic carbocycles. The van der Waals surface area contributed by atoms with Crippen molar-refractivity contribution < 1.29 is 13.9 Å². The molecule has 2 aromatic carbocycles. The highest BCUT2D eigenvalue weighted by Crippen LogP contribution is 2.48. The second kappa shape index (κ2) is 12.3. The van der Waals surface area contributed by atoms with Crippen molar-refractivity contribution in [3.05, 3.63) is 89.8 Å². The normalized spacial score (nSPS) is 24.2. The van der Waals surface area contributed by atoms with E-state index in [0.29, 0.717) is 11.7 Å². The summed E-state index contributed by atoms with van der Waals surface area (Å²) in [5, 5.41) is 0. The van der Waals surface area contributed by atoms with Crippen molar-refractivity contribution in [2.75, 3.05) is 0 Å². The maximum absolute atomic E-state index is 15.1. The van der Waals surface area contributed by atoms with Gasteiger partial charge in [-0.15, -0.1) is 6.58 Å². The molecule has 2 aliphatic rings. The Balaban J connectivity index is 1.33. The van der Waals surface area contributed by atoms with Gasteiger partial charge in [0.25, 0.3) is 0 Å². The average Bonchev–Trinajstić information content (AvgIpc) is 2.88. The molecule has 2 aromatic rings. The molecule has 0 heterocycles. The number of aryl methyl sites for hydroxylation is 1. The van der Waals surface area contributed by atoms with E-state index in [1.807, 2.05) is 37.3 Å². The van der Waals surface area contributed by atoms with Gasteiger partial charge >= 0.3 is 5.97 Å². The number of hydrogen-bond donors (Lipinski definition) is 0. The monoisotopic (exact) mass is 474 g/mol. The summed E-state index contributed by atoms with van der Waals surface area (Å²) in [5.74, 6) is 2.28. The predicted molar refractivity (Wildman–Crippen MR) is 141 cm³/mol. The Morgan fingerprint density at radius 3 is 2.54 bits per heavy atom. The molecule has 0 aliphatic heterocycles. The summed E-state index contributed by atoms with van der Waals surface area (Å²) in [5.41, 5.74) is 2.22. The van der Waals surface area contributed by atoms with Crippen molar-refractivity contribution in [1.82, 2.24) is 0 Å². The van der Waals surface area contributed by atoms with Gasteiger partial charge < -0.3 is 4.74 Å². The number of halogens is 1. The van der Waals surface area contributed by atoms with Crippen LogP contribution in [-0.4, -0.2) is 5.97 Å². The van der Waals surface area contributed by atoms with Crippen LogP contribution < -0.4 is 4.74 Å². The van der Waals surface area contributed by atoms with E-state index in [1.165, 1.54) is 43.7 Å². The summed E-state index contributed by atoms with van der Waals surface area (Å²) in [6.45, 7) is 5.88. The summed E-state index contributed by atoms with van der Waals surface area (Å²) in [6, 6.07) is 12.5. The van der Waals surface area contributed by atoms with Crippen LogP contribution in [-0.2, 0) is 6.42 Å². The quantitative estimate of drug-likeness (QED) is 0.206. The fraction of sp³-hybridized carbons (Fsp3) is 0.469. The lowest BCUT2D eigenvalue weighted by atomic mass is 9.63. The third-order valence-electron chi connectivity index (χ3n) is 8.15. The van der Waals surface area contributed by atoms with Gasteiger partial charge in [0.15, 0.2) is 0 Å². The lowest BCUT2D eigenvalue weighted by molar-refractivity contribution is 0.0734. The standard InChI is InChI=1S/C32H39FO2/c1-3-5-7-9-23-11-17-29(18-12-23)35-32(34)28-16-19-30(31(33)22-28)27-15-14-25-20-24(8-6-4-2)10-13-26(25)21-27/h3-5,11-12,16-19,22,24-27H,2,6-10,13-15,20-21H2,1H3/b5-3+. The van der Waals surface area contributed by atoms with Crippen LogP contribution in [0.2, 0.25) is 0 Å². The van der Waals surface area contributed by atoms with Crippen molar-refractivity contribution in [3.63, 3.8) is 0 Å². The molecule has 2 nitrogen and oxygen atoms in total. The Labute approximate surface area is 210 Å². The number of esters is 1. The lowest BCUT2D eigenvalue weighted by Crippen LogP contribution is -2.30. The summed E-state index contributed by atoms with van der Waals surface area (Å²) in [6.07, 6.45) is 17.7. The maximum atomic E-state index is 15.1. The molecule has 0 N–H and O–H groups in total. The highest BCUT2D eigenvalue weighted by atomic mass is 19.1. The Kier molecular flexibility index (Phi) is 8.95. The molecule has 0 bridgehead atoms. The van der Waals surface area contributed by atoms with Crippen LogP contribution >= 0.6 is 0 Å². The molecule has 0 saturated heterocycles. The van der Waals surface area contributed by atoms with Gasteiger partial charge in [-0.3, -0.25) is 0 Å². The molecule has 2 fully saturated rings. The first-order valence-electron chi connectivity index (χ1n) is 13.4. The van der Waals surface area contributed by atoms with Crippen LogP contribution in [0, 0.1) is 23.6 Å². The van der Waals surface area contributed by atoms with Gasteiger partial charge in [0.1, 0.15) is 11.6 Å².